The fourth-order valence-electron chi connectivity index (χ4n) is 4.33. The maximum absolute atomic E-state index is 12.6. The first-order chi connectivity index (χ1) is 14.1. The van der Waals surface area contributed by atoms with E-state index in [0.29, 0.717) is 45.2 Å². The van der Waals surface area contributed by atoms with Crippen molar-refractivity contribution in [1.82, 2.24) is 4.90 Å². The molecule has 0 bridgehead atoms. The van der Waals surface area contributed by atoms with E-state index in [-0.39, 0.29) is 29.4 Å². The summed E-state index contributed by atoms with van der Waals surface area (Å²) in [6, 6.07) is 17.2. The number of benzene rings is 2. The standard InChI is InChI=1S/C24H26N2O3/c27-22(11-10-20-16-19-8-4-5-9-21(19)25-24(20)29)26-14-12-18(13-15-26)23(28)17-6-2-1-3-7-17/h1-9,18,20H,10-16H2,(H,25,29). The molecule has 0 aromatic heterocycles. The molecule has 1 fully saturated rings. The second-order valence-electron chi connectivity index (χ2n) is 7.97. The van der Waals surface area contributed by atoms with Crippen LogP contribution in [0.5, 0.6) is 0 Å². The maximum Gasteiger partial charge on any atom is 0.227 e. The number of carbonyl (C=O) groups is 3. The van der Waals surface area contributed by atoms with Gasteiger partial charge in [-0.15, -0.1) is 0 Å². The minimum Gasteiger partial charge on any atom is -0.343 e. The van der Waals surface area contributed by atoms with E-state index in [9.17, 15) is 14.4 Å². The minimum absolute atomic E-state index is 0.00339. The average molecular weight is 390 g/mol. The molecule has 0 saturated carbocycles. The quantitative estimate of drug-likeness (QED) is 0.792. The normalized spacial score (nSPS) is 19.4. The van der Waals surface area contributed by atoms with Crippen molar-refractivity contribution in [3.05, 3.63) is 65.7 Å². The van der Waals surface area contributed by atoms with Crippen LogP contribution in [0.3, 0.4) is 0 Å². The molecule has 2 aliphatic rings. The maximum atomic E-state index is 12.6. The van der Waals surface area contributed by atoms with Crippen LogP contribution in [0, 0.1) is 11.8 Å². The SMILES string of the molecule is O=C1Nc2ccccc2CC1CCC(=O)N1CCC(C(=O)c2ccccc2)CC1. The van der Waals surface area contributed by atoms with Gasteiger partial charge in [0.05, 0.1) is 0 Å². The highest BCUT2D eigenvalue weighted by Gasteiger charge is 2.30. The number of hydrogen-bond acceptors (Lipinski definition) is 3. The first-order valence-corrected chi connectivity index (χ1v) is 10.4. The summed E-state index contributed by atoms with van der Waals surface area (Å²) >= 11 is 0. The number of Topliss-reactive ketones (excluding diaryl/α,β-unsaturated/α-hetero) is 1. The molecular weight excluding hydrogens is 364 g/mol. The Labute approximate surface area is 171 Å². The molecule has 2 aliphatic heterocycles. The molecule has 5 heteroatoms. The van der Waals surface area contributed by atoms with Gasteiger partial charge in [0.15, 0.2) is 5.78 Å². The van der Waals surface area contributed by atoms with Gasteiger partial charge in [0, 0.05) is 42.6 Å². The van der Waals surface area contributed by atoms with Gasteiger partial charge in [0.25, 0.3) is 0 Å². The first-order valence-electron chi connectivity index (χ1n) is 10.4. The number of nitrogens with zero attached hydrogens (tertiary/aromatic N) is 1. The van der Waals surface area contributed by atoms with Gasteiger partial charge >= 0.3 is 0 Å². The fourth-order valence-corrected chi connectivity index (χ4v) is 4.33. The van der Waals surface area contributed by atoms with Crippen molar-refractivity contribution in [3.63, 3.8) is 0 Å². The molecule has 4 rings (SSSR count). The summed E-state index contributed by atoms with van der Waals surface area (Å²) in [6.45, 7) is 1.23. The van der Waals surface area contributed by atoms with Crippen LogP contribution in [0.15, 0.2) is 54.6 Å². The van der Waals surface area contributed by atoms with Crippen LogP contribution >= 0.6 is 0 Å². The smallest absolute Gasteiger partial charge is 0.227 e. The third-order valence-corrected chi connectivity index (χ3v) is 6.10. The zero-order valence-electron chi connectivity index (χ0n) is 16.5. The molecular formula is C24H26N2O3. The lowest BCUT2D eigenvalue weighted by atomic mass is 9.88. The van der Waals surface area contributed by atoms with Gasteiger partial charge in [-0.05, 0) is 37.3 Å². The van der Waals surface area contributed by atoms with Gasteiger partial charge in [-0.2, -0.15) is 0 Å². The molecule has 2 aromatic carbocycles. The number of hydrogen-bond donors (Lipinski definition) is 1. The second kappa shape index (κ2) is 8.60. The van der Waals surface area contributed by atoms with Crippen molar-refractivity contribution >= 4 is 23.3 Å². The lowest BCUT2D eigenvalue weighted by Crippen LogP contribution is -2.40. The highest BCUT2D eigenvalue weighted by molar-refractivity contribution is 5.98. The molecule has 1 unspecified atom stereocenters. The Hall–Kier alpha value is -2.95. The first kappa shape index (κ1) is 19.4. The molecule has 0 radical (unpaired) electrons. The number of nitrogens with one attached hydrogen (secondary N) is 1. The molecule has 0 spiro atoms. The summed E-state index contributed by atoms with van der Waals surface area (Å²) < 4.78 is 0. The monoisotopic (exact) mass is 390 g/mol. The van der Waals surface area contributed by atoms with Gasteiger partial charge in [0.2, 0.25) is 11.8 Å². The second-order valence-corrected chi connectivity index (χ2v) is 7.97. The number of anilines is 1. The van der Waals surface area contributed by atoms with E-state index < -0.39 is 0 Å². The zero-order chi connectivity index (χ0) is 20.2. The number of ketones is 1. The molecule has 1 atom stereocenters. The Balaban J connectivity index is 1.26. The number of likely N-dealkylation sites (tertiary alicyclic amines) is 1. The lowest BCUT2D eigenvalue weighted by molar-refractivity contribution is -0.133. The van der Waals surface area contributed by atoms with Crippen molar-refractivity contribution in [2.45, 2.75) is 32.1 Å². The zero-order valence-corrected chi connectivity index (χ0v) is 16.5. The van der Waals surface area contributed by atoms with Crippen molar-refractivity contribution in [1.29, 1.82) is 0 Å². The Morgan fingerprint density at radius 2 is 1.66 bits per heavy atom. The number of carbonyl (C=O) groups excluding carboxylic acids is 3. The Morgan fingerprint density at radius 1 is 0.966 bits per heavy atom. The topological polar surface area (TPSA) is 66.5 Å². The highest BCUT2D eigenvalue weighted by Crippen LogP contribution is 2.28. The van der Waals surface area contributed by atoms with Crippen LogP contribution in [-0.2, 0) is 16.0 Å². The van der Waals surface area contributed by atoms with Crippen molar-refractivity contribution in [3.8, 4) is 0 Å². The number of para-hydroxylation sites is 1. The summed E-state index contributed by atoms with van der Waals surface area (Å²) in [4.78, 5) is 39.4. The average Bonchev–Trinajstić information content (AvgIpc) is 2.77. The number of fused-ring (bicyclic) bond motifs is 1. The molecule has 29 heavy (non-hydrogen) atoms. The van der Waals surface area contributed by atoms with E-state index in [1.165, 1.54) is 0 Å². The molecule has 150 valence electrons. The molecule has 5 nitrogen and oxygen atoms in total. The number of piperidine rings is 1. The van der Waals surface area contributed by atoms with E-state index >= 15 is 0 Å². The third-order valence-electron chi connectivity index (χ3n) is 6.10. The van der Waals surface area contributed by atoms with E-state index in [0.717, 1.165) is 16.8 Å². The summed E-state index contributed by atoms with van der Waals surface area (Å²) in [5.41, 5.74) is 2.76. The summed E-state index contributed by atoms with van der Waals surface area (Å²) in [5, 5.41) is 2.95. The van der Waals surface area contributed by atoms with E-state index in [2.05, 4.69) is 5.32 Å². The number of rotatable bonds is 5. The lowest BCUT2D eigenvalue weighted by Gasteiger charge is -2.32. The molecule has 2 heterocycles. The van der Waals surface area contributed by atoms with Crippen molar-refractivity contribution in [2.24, 2.45) is 11.8 Å². The molecule has 2 aromatic rings. The van der Waals surface area contributed by atoms with Gasteiger partial charge in [-0.25, -0.2) is 0 Å². The van der Waals surface area contributed by atoms with Gasteiger partial charge in [-0.1, -0.05) is 48.5 Å². The summed E-state index contributed by atoms with van der Waals surface area (Å²) in [5.74, 6) is 0.0919. The Bertz CT molecular complexity index is 901. The highest BCUT2D eigenvalue weighted by atomic mass is 16.2. The van der Waals surface area contributed by atoms with E-state index in [1.54, 1.807) is 0 Å². The fraction of sp³-hybridized carbons (Fsp3) is 0.375. The molecule has 1 saturated heterocycles. The third kappa shape index (κ3) is 4.39. The van der Waals surface area contributed by atoms with Crippen LogP contribution in [0.4, 0.5) is 5.69 Å². The largest absolute Gasteiger partial charge is 0.343 e. The van der Waals surface area contributed by atoms with Crippen LogP contribution < -0.4 is 5.32 Å². The predicted octanol–water partition coefficient (Wildman–Crippen LogP) is 3.70. The minimum atomic E-state index is -0.161. The van der Waals surface area contributed by atoms with Gasteiger partial charge in [0.1, 0.15) is 0 Å². The van der Waals surface area contributed by atoms with Crippen molar-refractivity contribution in [2.75, 3.05) is 18.4 Å². The van der Waals surface area contributed by atoms with Crippen LogP contribution in [0.2, 0.25) is 0 Å². The van der Waals surface area contributed by atoms with Crippen molar-refractivity contribution < 1.29 is 14.4 Å². The van der Waals surface area contributed by atoms with E-state index in [1.807, 2.05) is 59.5 Å². The van der Waals surface area contributed by atoms with Gasteiger partial charge in [-0.3, -0.25) is 14.4 Å². The Morgan fingerprint density at radius 3 is 2.41 bits per heavy atom. The van der Waals surface area contributed by atoms with Crippen LogP contribution in [-0.4, -0.2) is 35.6 Å². The van der Waals surface area contributed by atoms with E-state index in [4.69, 9.17) is 0 Å². The Kier molecular flexibility index (Phi) is 5.74. The van der Waals surface area contributed by atoms with Crippen LogP contribution in [0.1, 0.15) is 41.6 Å². The molecule has 0 aliphatic carbocycles. The summed E-state index contributed by atoms with van der Waals surface area (Å²) in [6.07, 6.45) is 3.02. The number of amides is 2. The van der Waals surface area contributed by atoms with Crippen LogP contribution in [0.25, 0.3) is 0 Å². The van der Waals surface area contributed by atoms with Gasteiger partial charge < -0.3 is 10.2 Å². The molecule has 1 N–H and O–H groups in total. The molecule has 2 amide bonds. The predicted molar refractivity (Wildman–Crippen MR) is 112 cm³/mol. The summed E-state index contributed by atoms with van der Waals surface area (Å²) in [7, 11) is 0.